The summed E-state index contributed by atoms with van der Waals surface area (Å²) in [5, 5.41) is 4.15. The van der Waals surface area contributed by atoms with Gasteiger partial charge in [-0.2, -0.15) is 0 Å². The molecule has 0 bridgehead atoms. The van der Waals surface area contributed by atoms with Gasteiger partial charge in [0.25, 0.3) is 0 Å². The molecule has 6 rings (SSSR count). The quantitative estimate of drug-likeness (QED) is 0.297. The van der Waals surface area contributed by atoms with Crippen molar-refractivity contribution in [3.05, 3.63) is 84.4 Å². The lowest BCUT2D eigenvalue weighted by Gasteiger charge is -2.19. The molecule has 4 heterocycles. The van der Waals surface area contributed by atoms with Gasteiger partial charge in [-0.05, 0) is 67.4 Å². The van der Waals surface area contributed by atoms with Crippen LogP contribution in [0.3, 0.4) is 0 Å². The van der Waals surface area contributed by atoms with Crippen LogP contribution in [0.25, 0.3) is 33.5 Å². The van der Waals surface area contributed by atoms with Crippen LogP contribution in [0.15, 0.2) is 67.0 Å². The number of fused-ring (bicyclic) bond motifs is 2. The Labute approximate surface area is 207 Å². The van der Waals surface area contributed by atoms with Gasteiger partial charge in [-0.25, -0.2) is 23.7 Å². The van der Waals surface area contributed by atoms with Crippen molar-refractivity contribution in [3.63, 3.8) is 0 Å². The molecule has 5 aromatic rings. The third-order valence-electron chi connectivity index (χ3n) is 6.74. The van der Waals surface area contributed by atoms with E-state index in [9.17, 15) is 8.78 Å². The molecule has 3 aromatic heterocycles. The molecule has 0 radical (unpaired) electrons. The second-order valence-electron chi connectivity index (χ2n) is 9.16. The van der Waals surface area contributed by atoms with Crippen LogP contribution in [-0.4, -0.2) is 30.6 Å². The van der Waals surface area contributed by atoms with Crippen molar-refractivity contribution in [3.8, 4) is 22.6 Å². The number of benzene rings is 2. The Hall–Kier alpha value is -4.07. The Morgan fingerprint density at radius 3 is 2.67 bits per heavy atom. The van der Waals surface area contributed by atoms with Crippen LogP contribution in [-0.2, 0) is 13.0 Å². The molecule has 0 saturated carbocycles. The van der Waals surface area contributed by atoms with E-state index in [4.69, 9.17) is 9.97 Å². The zero-order valence-corrected chi connectivity index (χ0v) is 20.0. The number of rotatable bonds is 7. The van der Waals surface area contributed by atoms with E-state index < -0.39 is 0 Å². The number of aryl methyl sites for hydroxylation is 1. The Bertz CT molecular complexity index is 1540. The molecule has 182 valence electrons. The van der Waals surface area contributed by atoms with E-state index >= 15 is 0 Å². The van der Waals surface area contributed by atoms with Crippen molar-refractivity contribution in [2.45, 2.75) is 38.8 Å². The first-order chi connectivity index (χ1) is 17.6. The van der Waals surface area contributed by atoms with Crippen molar-refractivity contribution in [1.29, 1.82) is 0 Å². The fraction of sp³-hybridized carbons (Fsp3) is 0.250. The third kappa shape index (κ3) is 4.02. The maximum absolute atomic E-state index is 13.7. The zero-order chi connectivity index (χ0) is 24.6. The van der Waals surface area contributed by atoms with E-state index in [1.54, 1.807) is 24.4 Å². The summed E-state index contributed by atoms with van der Waals surface area (Å²) in [5.74, 6) is 1.04. The predicted molar refractivity (Wildman–Crippen MR) is 137 cm³/mol. The van der Waals surface area contributed by atoms with E-state index in [-0.39, 0.29) is 17.7 Å². The molecule has 1 N–H and O–H groups in total. The number of hydrogen-bond donors (Lipinski definition) is 1. The van der Waals surface area contributed by atoms with Crippen molar-refractivity contribution in [1.82, 2.24) is 24.1 Å². The van der Waals surface area contributed by atoms with E-state index in [0.717, 1.165) is 71.7 Å². The molecular formula is C28H26F2N6. The summed E-state index contributed by atoms with van der Waals surface area (Å²) in [7, 11) is 0. The van der Waals surface area contributed by atoms with Crippen molar-refractivity contribution < 1.29 is 8.78 Å². The monoisotopic (exact) mass is 484 g/mol. The molecule has 2 aromatic carbocycles. The van der Waals surface area contributed by atoms with Gasteiger partial charge in [-0.3, -0.25) is 0 Å². The average Bonchev–Trinajstić information content (AvgIpc) is 3.58. The van der Waals surface area contributed by atoms with Gasteiger partial charge < -0.3 is 14.5 Å². The molecule has 8 heteroatoms. The second-order valence-corrected chi connectivity index (χ2v) is 9.16. The van der Waals surface area contributed by atoms with Gasteiger partial charge in [-0.1, -0.05) is 6.92 Å². The lowest BCUT2D eigenvalue weighted by molar-refractivity contribution is 0.459. The maximum Gasteiger partial charge on any atom is 0.223 e. The summed E-state index contributed by atoms with van der Waals surface area (Å²) in [6.07, 6.45) is 6.50. The molecule has 0 spiro atoms. The highest BCUT2D eigenvalue weighted by atomic mass is 19.1. The molecule has 36 heavy (non-hydrogen) atoms. The first-order valence-electron chi connectivity index (χ1n) is 12.3. The number of halogens is 2. The summed E-state index contributed by atoms with van der Waals surface area (Å²) in [6, 6.07) is 15.3. The number of nitrogens with zero attached hydrogens (tertiary/aromatic N) is 5. The van der Waals surface area contributed by atoms with Gasteiger partial charge >= 0.3 is 0 Å². The molecule has 0 fully saturated rings. The van der Waals surface area contributed by atoms with Gasteiger partial charge in [-0.15, -0.1) is 0 Å². The maximum atomic E-state index is 13.7. The summed E-state index contributed by atoms with van der Waals surface area (Å²) in [4.78, 5) is 14.2. The van der Waals surface area contributed by atoms with Crippen LogP contribution in [0.1, 0.15) is 31.6 Å². The molecule has 1 aliphatic rings. The Morgan fingerprint density at radius 1 is 1.00 bits per heavy atom. The minimum atomic E-state index is -0.283. The summed E-state index contributed by atoms with van der Waals surface area (Å²) in [5.41, 5.74) is 4.31. The van der Waals surface area contributed by atoms with Crippen LogP contribution in [0.2, 0.25) is 0 Å². The highest BCUT2D eigenvalue weighted by Crippen LogP contribution is 2.40. The minimum absolute atomic E-state index is 0.138. The van der Waals surface area contributed by atoms with Crippen molar-refractivity contribution >= 4 is 16.9 Å². The van der Waals surface area contributed by atoms with Gasteiger partial charge in [0.2, 0.25) is 5.95 Å². The molecule has 1 aliphatic heterocycles. The standard InChI is InChI=1S/C28H26F2N6/c1-2-13-31-28-32-14-11-23(33-28)27-26(18-3-5-20(29)6-4-18)34-25-10-8-22(36(25)27)17-35-15-12-19-16-21(30)7-9-24(19)35/h3-7,9,11-12,14-16,22H,2,8,10,13,17H2,1H3,(H,31,32,33)/t22-/m0/s1. The first kappa shape index (κ1) is 22.4. The lowest BCUT2D eigenvalue weighted by atomic mass is 10.1. The van der Waals surface area contributed by atoms with E-state index in [1.807, 2.05) is 24.4 Å². The number of nitrogens with one attached hydrogen (secondary N) is 1. The number of aromatic nitrogens is 5. The van der Waals surface area contributed by atoms with E-state index in [0.29, 0.717) is 5.95 Å². The number of imidazole rings is 1. The highest BCUT2D eigenvalue weighted by Gasteiger charge is 2.31. The first-order valence-corrected chi connectivity index (χ1v) is 12.3. The third-order valence-corrected chi connectivity index (χ3v) is 6.74. The van der Waals surface area contributed by atoms with Crippen molar-refractivity contribution in [2.75, 3.05) is 11.9 Å². The molecule has 1 atom stereocenters. The van der Waals surface area contributed by atoms with Crippen LogP contribution >= 0.6 is 0 Å². The van der Waals surface area contributed by atoms with E-state index in [1.165, 1.54) is 18.2 Å². The van der Waals surface area contributed by atoms with Crippen LogP contribution in [0.5, 0.6) is 0 Å². The highest BCUT2D eigenvalue weighted by molar-refractivity contribution is 5.80. The van der Waals surface area contributed by atoms with Gasteiger partial charge in [0, 0.05) is 48.4 Å². The fourth-order valence-electron chi connectivity index (χ4n) is 5.07. The summed E-state index contributed by atoms with van der Waals surface area (Å²) in [6.45, 7) is 3.60. The zero-order valence-electron chi connectivity index (χ0n) is 20.0. The molecular weight excluding hydrogens is 458 g/mol. The van der Waals surface area contributed by atoms with Crippen LogP contribution < -0.4 is 5.32 Å². The molecule has 0 unspecified atom stereocenters. The fourth-order valence-corrected chi connectivity index (χ4v) is 5.07. The SMILES string of the molecule is CCCNc1nccc(-c2c(-c3ccc(F)cc3)nc3n2[C@H](Cn2ccc4cc(F)ccc42)CC3)n1. The smallest absolute Gasteiger partial charge is 0.223 e. The molecule has 0 saturated heterocycles. The van der Waals surface area contributed by atoms with Crippen LogP contribution in [0.4, 0.5) is 14.7 Å². The van der Waals surface area contributed by atoms with E-state index in [2.05, 4.69) is 26.4 Å². The largest absolute Gasteiger partial charge is 0.354 e. The van der Waals surface area contributed by atoms with Gasteiger partial charge in [0.1, 0.15) is 17.5 Å². The predicted octanol–water partition coefficient (Wildman–Crippen LogP) is 6.25. The minimum Gasteiger partial charge on any atom is -0.354 e. The second kappa shape index (κ2) is 9.18. The Balaban J connectivity index is 1.46. The molecule has 0 aliphatic carbocycles. The number of hydrogen-bond acceptors (Lipinski definition) is 4. The Kier molecular flexibility index (Phi) is 5.71. The number of anilines is 1. The van der Waals surface area contributed by atoms with Crippen molar-refractivity contribution in [2.24, 2.45) is 0 Å². The Morgan fingerprint density at radius 2 is 1.83 bits per heavy atom. The molecule has 6 nitrogen and oxygen atoms in total. The summed E-state index contributed by atoms with van der Waals surface area (Å²) < 4.78 is 31.9. The van der Waals surface area contributed by atoms with Gasteiger partial charge in [0.15, 0.2) is 0 Å². The topological polar surface area (TPSA) is 60.6 Å². The summed E-state index contributed by atoms with van der Waals surface area (Å²) >= 11 is 0. The van der Waals surface area contributed by atoms with Gasteiger partial charge in [0.05, 0.1) is 23.1 Å². The normalized spacial score (nSPS) is 14.9. The molecule has 0 amide bonds. The average molecular weight is 485 g/mol. The van der Waals surface area contributed by atoms with Crippen LogP contribution in [0, 0.1) is 11.6 Å². The lowest BCUT2D eigenvalue weighted by Crippen LogP contribution is -2.14.